The van der Waals surface area contributed by atoms with Gasteiger partial charge in [0.05, 0.1) is 6.54 Å². The van der Waals surface area contributed by atoms with Crippen molar-refractivity contribution in [3.63, 3.8) is 0 Å². The van der Waals surface area contributed by atoms with Gasteiger partial charge in [-0.2, -0.15) is 5.10 Å². The van der Waals surface area contributed by atoms with E-state index in [9.17, 15) is 0 Å². The summed E-state index contributed by atoms with van der Waals surface area (Å²) in [7, 11) is 0. The number of pyridine rings is 1. The lowest BCUT2D eigenvalue weighted by atomic mass is 10.2. The Morgan fingerprint density at radius 2 is 1.86 bits per heavy atom. The zero-order valence-corrected chi connectivity index (χ0v) is 12.1. The van der Waals surface area contributed by atoms with Gasteiger partial charge in [-0.3, -0.25) is 14.6 Å². The zero-order chi connectivity index (χ0) is 14.5. The minimum Gasteiger partial charge on any atom is -0.492 e. The van der Waals surface area contributed by atoms with E-state index in [4.69, 9.17) is 17.0 Å². The number of ether oxygens (including phenoxy) is 1. The molecule has 2 heterocycles. The Balaban J connectivity index is 1.74. The monoisotopic (exact) mass is 298 g/mol. The average Bonchev–Trinajstić information content (AvgIpc) is 2.91. The van der Waals surface area contributed by atoms with E-state index in [0.717, 1.165) is 17.1 Å². The maximum Gasteiger partial charge on any atom is 0.195 e. The van der Waals surface area contributed by atoms with Crippen LogP contribution in [-0.4, -0.2) is 26.4 Å². The van der Waals surface area contributed by atoms with Gasteiger partial charge in [-0.15, -0.1) is 0 Å². The molecule has 0 spiro atoms. The van der Waals surface area contributed by atoms with Crippen molar-refractivity contribution in [3.8, 4) is 17.1 Å². The molecule has 0 fully saturated rings. The van der Waals surface area contributed by atoms with Crippen LogP contribution >= 0.6 is 12.2 Å². The smallest absolute Gasteiger partial charge is 0.195 e. The summed E-state index contributed by atoms with van der Waals surface area (Å²) >= 11 is 5.28. The fourth-order valence-electron chi connectivity index (χ4n) is 2.02. The number of aromatic nitrogens is 4. The topological polar surface area (TPSA) is 55.7 Å². The summed E-state index contributed by atoms with van der Waals surface area (Å²) in [5, 5.41) is 7.10. The molecule has 0 aliphatic rings. The second-order valence-corrected chi connectivity index (χ2v) is 4.79. The van der Waals surface area contributed by atoms with E-state index in [1.807, 2.05) is 47.0 Å². The number of nitrogens with zero attached hydrogens (tertiary/aromatic N) is 3. The van der Waals surface area contributed by atoms with Crippen molar-refractivity contribution in [2.75, 3.05) is 6.61 Å². The van der Waals surface area contributed by atoms with Gasteiger partial charge in [-0.05, 0) is 36.5 Å². The van der Waals surface area contributed by atoms with Crippen LogP contribution in [0.15, 0.2) is 54.9 Å². The van der Waals surface area contributed by atoms with Gasteiger partial charge >= 0.3 is 0 Å². The highest BCUT2D eigenvalue weighted by Crippen LogP contribution is 2.16. The number of aromatic amines is 1. The third kappa shape index (κ3) is 3.17. The van der Waals surface area contributed by atoms with E-state index in [-0.39, 0.29) is 0 Å². The Bertz CT molecular complexity index is 752. The Morgan fingerprint density at radius 1 is 1.10 bits per heavy atom. The molecule has 2 aromatic heterocycles. The van der Waals surface area contributed by atoms with Crippen LogP contribution in [0, 0.1) is 4.77 Å². The van der Waals surface area contributed by atoms with Gasteiger partial charge in [0.25, 0.3) is 0 Å². The predicted molar refractivity (Wildman–Crippen MR) is 82.6 cm³/mol. The molecule has 106 valence electrons. The molecule has 0 aliphatic carbocycles. The van der Waals surface area contributed by atoms with Crippen molar-refractivity contribution >= 4 is 12.2 Å². The number of nitrogens with one attached hydrogen (secondary N) is 1. The van der Waals surface area contributed by atoms with Gasteiger partial charge in [0, 0.05) is 18.0 Å². The molecular weight excluding hydrogens is 284 g/mol. The SMILES string of the molecule is S=c1[nH]nc(-c2ccncc2)n1CCOc1ccccc1. The molecular formula is C15H14N4OS. The van der Waals surface area contributed by atoms with Gasteiger partial charge in [-0.1, -0.05) is 18.2 Å². The van der Waals surface area contributed by atoms with Crippen LogP contribution in [0.1, 0.15) is 0 Å². The van der Waals surface area contributed by atoms with Gasteiger partial charge in [0.1, 0.15) is 12.4 Å². The minimum atomic E-state index is 0.524. The van der Waals surface area contributed by atoms with E-state index < -0.39 is 0 Å². The van der Waals surface area contributed by atoms with E-state index in [1.165, 1.54) is 0 Å². The van der Waals surface area contributed by atoms with Crippen LogP contribution in [-0.2, 0) is 6.54 Å². The van der Waals surface area contributed by atoms with Gasteiger partial charge in [0.2, 0.25) is 0 Å². The van der Waals surface area contributed by atoms with Crippen molar-refractivity contribution in [3.05, 3.63) is 59.6 Å². The molecule has 0 unspecified atom stereocenters. The van der Waals surface area contributed by atoms with E-state index in [2.05, 4.69) is 15.2 Å². The summed E-state index contributed by atoms with van der Waals surface area (Å²) in [6, 6.07) is 13.5. The normalized spacial score (nSPS) is 10.5. The van der Waals surface area contributed by atoms with Crippen LogP contribution in [0.3, 0.4) is 0 Å². The fourth-order valence-corrected chi connectivity index (χ4v) is 2.24. The van der Waals surface area contributed by atoms with Crippen molar-refractivity contribution in [2.45, 2.75) is 6.54 Å². The summed E-state index contributed by atoms with van der Waals surface area (Å²) < 4.78 is 8.21. The molecule has 0 radical (unpaired) electrons. The number of para-hydroxylation sites is 1. The molecule has 6 heteroatoms. The Morgan fingerprint density at radius 3 is 2.62 bits per heavy atom. The van der Waals surface area contributed by atoms with Crippen LogP contribution < -0.4 is 4.74 Å². The van der Waals surface area contributed by atoms with Crippen molar-refractivity contribution < 1.29 is 4.74 Å². The molecule has 5 nitrogen and oxygen atoms in total. The minimum absolute atomic E-state index is 0.524. The summed E-state index contributed by atoms with van der Waals surface area (Å²) in [4.78, 5) is 4.01. The number of benzene rings is 1. The standard InChI is InChI=1S/C15H14N4OS/c21-15-18-17-14(12-6-8-16-9-7-12)19(15)10-11-20-13-4-2-1-3-5-13/h1-9H,10-11H2,(H,18,21). The highest BCUT2D eigenvalue weighted by molar-refractivity contribution is 7.71. The number of hydrogen-bond acceptors (Lipinski definition) is 4. The van der Waals surface area contributed by atoms with E-state index in [0.29, 0.717) is 17.9 Å². The summed E-state index contributed by atoms with van der Waals surface area (Å²) in [6.45, 7) is 1.15. The van der Waals surface area contributed by atoms with Crippen molar-refractivity contribution in [2.24, 2.45) is 0 Å². The zero-order valence-electron chi connectivity index (χ0n) is 11.3. The quantitative estimate of drug-likeness (QED) is 0.735. The molecule has 0 aliphatic heterocycles. The maximum atomic E-state index is 5.70. The summed E-state index contributed by atoms with van der Waals surface area (Å²) in [5.74, 6) is 1.64. The van der Waals surface area contributed by atoms with Crippen molar-refractivity contribution in [1.29, 1.82) is 0 Å². The Hall–Kier alpha value is -2.47. The first-order valence-corrected chi connectivity index (χ1v) is 6.99. The molecule has 3 rings (SSSR count). The number of rotatable bonds is 5. The summed E-state index contributed by atoms with van der Waals surface area (Å²) in [5.41, 5.74) is 0.970. The largest absolute Gasteiger partial charge is 0.492 e. The van der Waals surface area contributed by atoms with Gasteiger partial charge in [0.15, 0.2) is 10.6 Å². The number of H-pyrrole nitrogens is 1. The number of hydrogen-bond donors (Lipinski definition) is 1. The molecule has 3 aromatic rings. The molecule has 0 amide bonds. The fraction of sp³-hybridized carbons (Fsp3) is 0.133. The van der Waals surface area contributed by atoms with Gasteiger partial charge in [-0.25, -0.2) is 0 Å². The highest BCUT2D eigenvalue weighted by atomic mass is 32.1. The van der Waals surface area contributed by atoms with Crippen LogP contribution in [0.5, 0.6) is 5.75 Å². The first-order valence-electron chi connectivity index (χ1n) is 6.58. The van der Waals surface area contributed by atoms with Crippen LogP contribution in [0.4, 0.5) is 0 Å². The van der Waals surface area contributed by atoms with E-state index >= 15 is 0 Å². The van der Waals surface area contributed by atoms with Crippen LogP contribution in [0.25, 0.3) is 11.4 Å². The highest BCUT2D eigenvalue weighted by Gasteiger charge is 2.08. The first-order chi connectivity index (χ1) is 10.3. The lowest BCUT2D eigenvalue weighted by Crippen LogP contribution is -2.09. The lowest BCUT2D eigenvalue weighted by molar-refractivity contribution is 0.298. The molecule has 0 saturated carbocycles. The van der Waals surface area contributed by atoms with E-state index in [1.54, 1.807) is 12.4 Å². The molecule has 21 heavy (non-hydrogen) atoms. The third-order valence-corrected chi connectivity index (χ3v) is 3.34. The third-order valence-electron chi connectivity index (χ3n) is 3.02. The van der Waals surface area contributed by atoms with Crippen molar-refractivity contribution in [1.82, 2.24) is 19.7 Å². The Kier molecular flexibility index (Phi) is 4.07. The molecule has 0 atom stereocenters. The summed E-state index contributed by atoms with van der Waals surface area (Å²) in [6.07, 6.45) is 3.47. The molecule has 1 N–H and O–H groups in total. The molecule has 0 bridgehead atoms. The molecule has 1 aromatic carbocycles. The van der Waals surface area contributed by atoms with Gasteiger partial charge < -0.3 is 4.74 Å². The Labute approximate surface area is 127 Å². The average molecular weight is 298 g/mol. The molecule has 0 saturated heterocycles. The second kappa shape index (κ2) is 6.32. The first kappa shape index (κ1) is 13.5. The van der Waals surface area contributed by atoms with Crippen LogP contribution in [0.2, 0.25) is 0 Å². The second-order valence-electron chi connectivity index (χ2n) is 4.40. The lowest BCUT2D eigenvalue weighted by Gasteiger charge is -2.08. The maximum absolute atomic E-state index is 5.70. The predicted octanol–water partition coefficient (Wildman–Crippen LogP) is 3.08.